The number of fused-ring (bicyclic) bond motifs is 1. The molecular formula is C22H26FN3O4. The standard InChI is InChI=1S/C22H26FN3O4/c1-11-7-16(11)26-10-14(21(28)29)19(27)13-8-15(23)18(20(30-2)17(13)26)25-6-3-12(9-25)22(24)4-5-22/h8,10-12,16H,3-7,9,24H2,1-2H3,(H,28,29)/t11-,12+,16+/m0/s1. The van der Waals surface area contributed by atoms with Gasteiger partial charge in [-0.15, -0.1) is 0 Å². The lowest BCUT2D eigenvalue weighted by Gasteiger charge is -2.25. The van der Waals surface area contributed by atoms with Crippen molar-refractivity contribution in [1.29, 1.82) is 0 Å². The SMILES string of the molecule is COc1c(N2CC[C@@H](C3(N)CC3)C2)c(F)cc2c(=O)c(C(=O)O)cn([C@@H]3C[C@@H]3C)c12. The van der Waals surface area contributed by atoms with E-state index < -0.39 is 17.2 Å². The molecule has 1 aliphatic heterocycles. The number of carboxylic acids is 1. The average molecular weight is 415 g/mol. The number of halogens is 1. The molecule has 0 bridgehead atoms. The predicted molar refractivity (Wildman–Crippen MR) is 111 cm³/mol. The van der Waals surface area contributed by atoms with Crippen molar-refractivity contribution in [3.8, 4) is 5.75 Å². The summed E-state index contributed by atoms with van der Waals surface area (Å²) in [7, 11) is 1.47. The monoisotopic (exact) mass is 415 g/mol. The topological polar surface area (TPSA) is 97.8 Å². The molecule has 0 spiro atoms. The lowest BCUT2D eigenvalue weighted by atomic mass is 9.97. The fourth-order valence-corrected chi connectivity index (χ4v) is 5.02. The highest BCUT2D eigenvalue weighted by molar-refractivity contribution is 5.97. The Bertz CT molecular complexity index is 1120. The highest BCUT2D eigenvalue weighted by Gasteiger charge is 2.48. The zero-order chi connectivity index (χ0) is 21.4. The van der Waals surface area contributed by atoms with Gasteiger partial charge in [0.2, 0.25) is 5.43 Å². The minimum absolute atomic E-state index is 0.0420. The van der Waals surface area contributed by atoms with E-state index in [4.69, 9.17) is 10.5 Å². The molecule has 30 heavy (non-hydrogen) atoms. The van der Waals surface area contributed by atoms with E-state index in [2.05, 4.69) is 6.92 Å². The van der Waals surface area contributed by atoms with Crippen LogP contribution in [-0.2, 0) is 0 Å². The summed E-state index contributed by atoms with van der Waals surface area (Å²) in [5.41, 5.74) is 6.01. The summed E-state index contributed by atoms with van der Waals surface area (Å²) in [6.07, 6.45) is 5.15. The van der Waals surface area contributed by atoms with Gasteiger partial charge in [0.15, 0.2) is 11.6 Å². The number of hydrogen-bond donors (Lipinski definition) is 2. The Morgan fingerprint density at radius 1 is 1.40 bits per heavy atom. The Morgan fingerprint density at radius 3 is 2.67 bits per heavy atom. The number of aromatic nitrogens is 1. The van der Waals surface area contributed by atoms with Gasteiger partial charge in [-0.1, -0.05) is 6.92 Å². The highest BCUT2D eigenvalue weighted by Crippen LogP contribution is 2.49. The van der Waals surface area contributed by atoms with Crippen LogP contribution in [0.1, 0.15) is 49.0 Å². The number of hydrogen-bond acceptors (Lipinski definition) is 5. The summed E-state index contributed by atoms with van der Waals surface area (Å²) in [5, 5.41) is 9.54. The smallest absolute Gasteiger partial charge is 0.341 e. The molecule has 0 radical (unpaired) electrons. The van der Waals surface area contributed by atoms with Crippen molar-refractivity contribution in [2.75, 3.05) is 25.1 Å². The zero-order valence-electron chi connectivity index (χ0n) is 17.2. The van der Waals surface area contributed by atoms with Gasteiger partial charge in [-0.2, -0.15) is 0 Å². The fourth-order valence-electron chi connectivity index (χ4n) is 5.02. The number of anilines is 1. The van der Waals surface area contributed by atoms with Gasteiger partial charge in [0, 0.05) is 30.9 Å². The third-order valence-corrected chi connectivity index (χ3v) is 7.20. The second kappa shape index (κ2) is 6.44. The molecule has 3 fully saturated rings. The van der Waals surface area contributed by atoms with Crippen LogP contribution in [0, 0.1) is 17.7 Å². The molecular weight excluding hydrogens is 389 g/mol. The number of pyridine rings is 1. The maximum atomic E-state index is 15.3. The first kappa shape index (κ1) is 19.4. The number of rotatable bonds is 5. The number of carbonyl (C=O) groups is 1. The van der Waals surface area contributed by atoms with Crippen molar-refractivity contribution in [2.24, 2.45) is 17.6 Å². The number of aromatic carboxylic acids is 1. The largest absolute Gasteiger partial charge is 0.492 e. The number of benzene rings is 1. The van der Waals surface area contributed by atoms with E-state index in [1.54, 1.807) is 4.57 Å². The van der Waals surface area contributed by atoms with Gasteiger partial charge in [0.1, 0.15) is 11.3 Å². The van der Waals surface area contributed by atoms with Gasteiger partial charge < -0.3 is 25.0 Å². The van der Waals surface area contributed by atoms with Crippen LogP contribution in [0.15, 0.2) is 17.1 Å². The number of carboxylic acid groups (broad SMARTS) is 1. The summed E-state index contributed by atoms with van der Waals surface area (Å²) in [6, 6.07) is 1.23. The molecule has 0 amide bonds. The zero-order valence-corrected chi connectivity index (χ0v) is 17.2. The van der Waals surface area contributed by atoms with E-state index in [-0.39, 0.29) is 22.5 Å². The Labute approximate surface area is 173 Å². The highest BCUT2D eigenvalue weighted by atomic mass is 19.1. The summed E-state index contributed by atoms with van der Waals surface area (Å²) in [6.45, 7) is 3.37. The Morgan fingerprint density at radius 2 is 2.10 bits per heavy atom. The van der Waals surface area contributed by atoms with Gasteiger partial charge in [-0.25, -0.2) is 9.18 Å². The molecule has 2 saturated carbocycles. The van der Waals surface area contributed by atoms with E-state index in [9.17, 15) is 14.7 Å². The maximum absolute atomic E-state index is 15.3. The molecule has 2 aliphatic carbocycles. The molecule has 3 aliphatic rings. The molecule has 5 rings (SSSR count). The van der Waals surface area contributed by atoms with Gasteiger partial charge in [0.25, 0.3) is 0 Å². The van der Waals surface area contributed by atoms with Crippen LogP contribution in [0.25, 0.3) is 10.9 Å². The Balaban J connectivity index is 1.71. The van der Waals surface area contributed by atoms with Crippen LogP contribution in [0.5, 0.6) is 5.75 Å². The molecule has 2 aromatic rings. The van der Waals surface area contributed by atoms with E-state index in [0.717, 1.165) is 25.7 Å². The van der Waals surface area contributed by atoms with Crippen LogP contribution >= 0.6 is 0 Å². The number of nitrogens with two attached hydrogens (primary N) is 1. The lowest BCUT2D eigenvalue weighted by molar-refractivity contribution is 0.0694. The molecule has 3 N–H and O–H groups in total. The third kappa shape index (κ3) is 2.80. The molecule has 1 aromatic heterocycles. The molecule has 7 nitrogen and oxygen atoms in total. The molecule has 3 atom stereocenters. The number of ether oxygens (including phenoxy) is 1. The maximum Gasteiger partial charge on any atom is 0.341 e. The Hall–Kier alpha value is -2.61. The average Bonchev–Trinajstić information content (AvgIpc) is 3.57. The van der Waals surface area contributed by atoms with Crippen LogP contribution in [0.3, 0.4) is 0 Å². The molecule has 1 saturated heterocycles. The van der Waals surface area contributed by atoms with Crippen molar-refractivity contribution >= 4 is 22.6 Å². The molecule has 2 heterocycles. The number of methoxy groups -OCH3 is 1. The predicted octanol–water partition coefficient (Wildman–Crippen LogP) is 2.75. The second-order valence-electron chi connectivity index (χ2n) is 9.17. The minimum Gasteiger partial charge on any atom is -0.492 e. The van der Waals surface area contributed by atoms with Crippen LogP contribution in [-0.4, -0.2) is 41.4 Å². The Kier molecular flexibility index (Phi) is 4.16. The third-order valence-electron chi connectivity index (χ3n) is 7.20. The molecule has 160 valence electrons. The first-order chi connectivity index (χ1) is 14.2. The van der Waals surface area contributed by atoms with E-state index in [1.807, 2.05) is 4.90 Å². The van der Waals surface area contributed by atoms with Crippen LogP contribution < -0.4 is 20.8 Å². The van der Waals surface area contributed by atoms with Gasteiger partial charge in [0.05, 0.1) is 18.0 Å². The molecule has 1 aromatic carbocycles. The first-order valence-corrected chi connectivity index (χ1v) is 10.5. The quantitative estimate of drug-likeness (QED) is 0.779. The molecule has 0 unspecified atom stereocenters. The second-order valence-corrected chi connectivity index (χ2v) is 9.17. The van der Waals surface area contributed by atoms with Gasteiger partial charge >= 0.3 is 5.97 Å². The first-order valence-electron chi connectivity index (χ1n) is 10.5. The van der Waals surface area contributed by atoms with Crippen molar-refractivity contribution in [3.05, 3.63) is 33.9 Å². The van der Waals surface area contributed by atoms with E-state index in [0.29, 0.717) is 41.9 Å². The van der Waals surface area contributed by atoms with Crippen LogP contribution in [0.4, 0.5) is 10.1 Å². The normalized spacial score (nSPS) is 26.8. The van der Waals surface area contributed by atoms with Crippen molar-refractivity contribution in [2.45, 2.75) is 44.2 Å². The minimum atomic E-state index is -1.31. The van der Waals surface area contributed by atoms with Gasteiger partial charge in [-0.3, -0.25) is 4.79 Å². The van der Waals surface area contributed by atoms with Crippen molar-refractivity contribution in [1.82, 2.24) is 4.57 Å². The lowest BCUT2D eigenvalue weighted by Crippen LogP contribution is -2.34. The van der Waals surface area contributed by atoms with E-state index in [1.165, 1.54) is 19.4 Å². The summed E-state index contributed by atoms with van der Waals surface area (Å²) >= 11 is 0. The summed E-state index contributed by atoms with van der Waals surface area (Å²) in [5.74, 6) is -0.943. The van der Waals surface area contributed by atoms with Gasteiger partial charge in [-0.05, 0) is 43.6 Å². The molecule has 8 heteroatoms. The van der Waals surface area contributed by atoms with Crippen molar-refractivity contribution < 1.29 is 19.0 Å². The van der Waals surface area contributed by atoms with Crippen LogP contribution in [0.2, 0.25) is 0 Å². The van der Waals surface area contributed by atoms with E-state index >= 15 is 4.39 Å². The number of nitrogens with zero attached hydrogens (tertiary/aromatic N) is 2. The fraction of sp³-hybridized carbons (Fsp3) is 0.545. The van der Waals surface area contributed by atoms with Crippen molar-refractivity contribution in [3.63, 3.8) is 0 Å². The summed E-state index contributed by atoms with van der Waals surface area (Å²) in [4.78, 5) is 26.4. The summed E-state index contributed by atoms with van der Waals surface area (Å²) < 4.78 is 22.8.